The highest BCUT2D eigenvalue weighted by Gasteiger charge is 2.32. The minimum Gasteiger partial charge on any atom is -0.467 e. The largest absolute Gasteiger partial charge is 0.467 e. The van der Waals surface area contributed by atoms with Crippen LogP contribution in [0.1, 0.15) is 0 Å². The summed E-state index contributed by atoms with van der Waals surface area (Å²) in [6.45, 7) is 3.93. The number of methoxy groups -OCH3 is 2. The van der Waals surface area contributed by atoms with Crippen molar-refractivity contribution < 1.29 is 19.1 Å². The Morgan fingerprint density at radius 2 is 1.81 bits per heavy atom. The lowest BCUT2D eigenvalue weighted by Crippen LogP contribution is -2.46. The van der Waals surface area contributed by atoms with Crippen molar-refractivity contribution in [3.8, 4) is 0 Å². The van der Waals surface area contributed by atoms with Gasteiger partial charge in [-0.15, -0.1) is 0 Å². The maximum atomic E-state index is 11.4. The number of esters is 2. The van der Waals surface area contributed by atoms with E-state index < -0.39 is 18.0 Å². The third-order valence-electron chi connectivity index (χ3n) is 1.96. The molecule has 0 saturated carbocycles. The van der Waals surface area contributed by atoms with Gasteiger partial charge in [0, 0.05) is 6.54 Å². The molecule has 16 heavy (non-hydrogen) atoms. The van der Waals surface area contributed by atoms with Gasteiger partial charge < -0.3 is 9.47 Å². The van der Waals surface area contributed by atoms with Crippen LogP contribution < -0.4 is 0 Å². The van der Waals surface area contributed by atoms with E-state index in [1.54, 1.807) is 25.3 Å². The molecular weight excluding hydrogens is 210 g/mol. The van der Waals surface area contributed by atoms with Crippen LogP contribution in [0, 0.1) is 0 Å². The summed E-state index contributed by atoms with van der Waals surface area (Å²) in [4.78, 5) is 24.3. The van der Waals surface area contributed by atoms with Crippen LogP contribution in [0.5, 0.6) is 0 Å². The van der Waals surface area contributed by atoms with Crippen molar-refractivity contribution in [1.82, 2.24) is 4.90 Å². The maximum absolute atomic E-state index is 11.4. The second-order valence-electron chi connectivity index (χ2n) is 3.05. The number of allylic oxidation sites excluding steroid dienone is 2. The zero-order valence-electron chi connectivity index (χ0n) is 9.80. The Bertz CT molecular complexity index is 270. The minimum atomic E-state index is -1.04. The van der Waals surface area contributed by atoms with Crippen LogP contribution in [-0.4, -0.2) is 50.7 Å². The van der Waals surface area contributed by atoms with Crippen molar-refractivity contribution in [2.45, 2.75) is 6.04 Å². The van der Waals surface area contributed by atoms with E-state index in [4.69, 9.17) is 0 Å². The average Bonchev–Trinajstić information content (AvgIpc) is 2.29. The highest BCUT2D eigenvalue weighted by Crippen LogP contribution is 2.02. The van der Waals surface area contributed by atoms with Crippen molar-refractivity contribution in [3.63, 3.8) is 0 Å². The lowest BCUT2D eigenvalue weighted by Gasteiger charge is -2.22. The van der Waals surface area contributed by atoms with Gasteiger partial charge in [0.1, 0.15) is 0 Å². The fourth-order valence-electron chi connectivity index (χ4n) is 1.11. The van der Waals surface area contributed by atoms with Crippen LogP contribution in [-0.2, 0) is 19.1 Å². The van der Waals surface area contributed by atoms with Crippen LogP contribution in [0.25, 0.3) is 0 Å². The zero-order valence-corrected chi connectivity index (χ0v) is 9.80. The molecule has 0 unspecified atom stereocenters. The second-order valence-corrected chi connectivity index (χ2v) is 3.05. The van der Waals surface area contributed by atoms with Gasteiger partial charge in [0.05, 0.1) is 14.2 Å². The number of rotatable bonds is 6. The maximum Gasteiger partial charge on any atom is 0.334 e. The van der Waals surface area contributed by atoms with E-state index in [9.17, 15) is 9.59 Å². The summed E-state index contributed by atoms with van der Waals surface area (Å²) in [6, 6.07) is -1.04. The quantitative estimate of drug-likeness (QED) is 0.373. The number of hydrogen-bond donors (Lipinski definition) is 0. The molecule has 90 valence electrons. The van der Waals surface area contributed by atoms with Gasteiger partial charge in [0.15, 0.2) is 0 Å². The number of carbonyl (C=O) groups excluding carboxylic acids is 2. The highest BCUT2D eigenvalue weighted by atomic mass is 16.5. The Hall–Kier alpha value is -1.62. The van der Waals surface area contributed by atoms with Crippen LogP contribution in [0.2, 0.25) is 0 Å². The normalized spacial score (nSPS) is 10.8. The van der Waals surface area contributed by atoms with Gasteiger partial charge in [-0.1, -0.05) is 24.8 Å². The van der Waals surface area contributed by atoms with Gasteiger partial charge in [-0.3, -0.25) is 4.90 Å². The Morgan fingerprint density at radius 3 is 2.19 bits per heavy atom. The molecule has 0 bridgehead atoms. The first-order valence-electron chi connectivity index (χ1n) is 4.72. The molecule has 0 aromatic heterocycles. The van der Waals surface area contributed by atoms with E-state index in [1.807, 2.05) is 0 Å². The molecule has 0 saturated heterocycles. The van der Waals surface area contributed by atoms with Crippen LogP contribution >= 0.6 is 0 Å². The average molecular weight is 227 g/mol. The zero-order chi connectivity index (χ0) is 12.6. The molecular formula is C11H17NO4. The van der Waals surface area contributed by atoms with Crippen LogP contribution in [0.4, 0.5) is 0 Å². The first kappa shape index (κ1) is 14.4. The SMILES string of the molecule is C=C/C=C/CN(C)C(C(=O)OC)C(=O)OC. The lowest BCUT2D eigenvalue weighted by molar-refractivity contribution is -0.159. The smallest absolute Gasteiger partial charge is 0.334 e. The van der Waals surface area contributed by atoms with Crippen molar-refractivity contribution in [2.24, 2.45) is 0 Å². The summed E-state index contributed by atoms with van der Waals surface area (Å²) in [5, 5.41) is 0. The molecule has 5 heteroatoms. The molecule has 5 nitrogen and oxygen atoms in total. The molecule has 0 aliphatic rings. The molecule has 0 rings (SSSR count). The fourth-order valence-corrected chi connectivity index (χ4v) is 1.11. The molecule has 0 N–H and O–H groups in total. The molecule has 0 aromatic rings. The van der Waals surface area contributed by atoms with Crippen molar-refractivity contribution in [2.75, 3.05) is 27.8 Å². The number of likely N-dealkylation sites (N-methyl/N-ethyl adjacent to an activating group) is 1. The molecule has 0 aromatic carbocycles. The van der Waals surface area contributed by atoms with E-state index in [-0.39, 0.29) is 0 Å². The number of nitrogens with zero attached hydrogens (tertiary/aromatic N) is 1. The Morgan fingerprint density at radius 1 is 1.31 bits per heavy atom. The summed E-state index contributed by atoms with van der Waals surface area (Å²) >= 11 is 0. The van der Waals surface area contributed by atoms with Gasteiger partial charge in [-0.05, 0) is 7.05 Å². The van der Waals surface area contributed by atoms with Gasteiger partial charge in [-0.25, -0.2) is 9.59 Å². The van der Waals surface area contributed by atoms with E-state index in [0.717, 1.165) is 0 Å². The van der Waals surface area contributed by atoms with Gasteiger partial charge >= 0.3 is 11.9 Å². The minimum absolute atomic E-state index is 0.418. The first-order valence-corrected chi connectivity index (χ1v) is 4.72. The van der Waals surface area contributed by atoms with E-state index in [1.165, 1.54) is 19.1 Å². The van der Waals surface area contributed by atoms with E-state index in [0.29, 0.717) is 6.54 Å². The van der Waals surface area contributed by atoms with Crippen LogP contribution in [0.15, 0.2) is 24.8 Å². The van der Waals surface area contributed by atoms with Crippen LogP contribution in [0.3, 0.4) is 0 Å². The Kier molecular flexibility index (Phi) is 6.87. The molecule has 0 radical (unpaired) electrons. The Labute approximate surface area is 95.3 Å². The third-order valence-corrected chi connectivity index (χ3v) is 1.96. The van der Waals surface area contributed by atoms with Crippen molar-refractivity contribution in [3.05, 3.63) is 24.8 Å². The van der Waals surface area contributed by atoms with E-state index >= 15 is 0 Å². The second kappa shape index (κ2) is 7.64. The van der Waals surface area contributed by atoms with E-state index in [2.05, 4.69) is 16.1 Å². The predicted octanol–water partition coefficient (Wildman–Crippen LogP) is 0.375. The molecule has 0 atom stereocenters. The van der Waals surface area contributed by atoms with Crippen molar-refractivity contribution >= 4 is 11.9 Å². The predicted molar refractivity (Wildman–Crippen MR) is 59.8 cm³/mol. The summed E-state index contributed by atoms with van der Waals surface area (Å²) in [7, 11) is 4.09. The molecule has 0 spiro atoms. The summed E-state index contributed by atoms with van der Waals surface area (Å²) in [5.74, 6) is -1.28. The monoisotopic (exact) mass is 227 g/mol. The standard InChI is InChI=1S/C11H17NO4/c1-5-6-7-8-12(2)9(10(13)15-3)11(14)16-4/h5-7,9H,1,8H2,2-4H3/b7-6+. The number of carbonyl (C=O) groups is 2. The molecule has 0 heterocycles. The Balaban J connectivity index is 4.62. The first-order chi connectivity index (χ1) is 7.58. The molecule has 0 aliphatic heterocycles. The lowest BCUT2D eigenvalue weighted by atomic mass is 10.2. The van der Waals surface area contributed by atoms with Gasteiger partial charge in [0.2, 0.25) is 6.04 Å². The summed E-state index contributed by atoms with van der Waals surface area (Å²) in [5.41, 5.74) is 0. The topological polar surface area (TPSA) is 55.8 Å². The summed E-state index contributed by atoms with van der Waals surface area (Å²) in [6.07, 6.45) is 5.10. The van der Waals surface area contributed by atoms with Gasteiger partial charge in [0.25, 0.3) is 0 Å². The fraction of sp³-hybridized carbons (Fsp3) is 0.455. The highest BCUT2D eigenvalue weighted by molar-refractivity contribution is 5.99. The summed E-state index contributed by atoms with van der Waals surface area (Å²) < 4.78 is 9.07. The molecule has 0 fully saturated rings. The molecule has 0 aliphatic carbocycles. The third kappa shape index (κ3) is 4.27. The van der Waals surface area contributed by atoms with Gasteiger partial charge in [-0.2, -0.15) is 0 Å². The van der Waals surface area contributed by atoms with Crippen molar-refractivity contribution in [1.29, 1.82) is 0 Å². The number of hydrogen-bond acceptors (Lipinski definition) is 5. The number of ether oxygens (including phenoxy) is 2. The molecule has 0 amide bonds.